The number of esters is 2. The molecule has 0 bridgehead atoms. The quantitative estimate of drug-likeness (QED) is 0.415. The van der Waals surface area contributed by atoms with Crippen LogP contribution in [-0.2, 0) is 19.1 Å². The molecule has 0 fully saturated rings. The van der Waals surface area contributed by atoms with Crippen LogP contribution >= 0.6 is 0 Å². The predicted octanol–water partition coefficient (Wildman–Crippen LogP) is 3.60. The van der Waals surface area contributed by atoms with Crippen LogP contribution in [0.5, 0.6) is 0 Å². The summed E-state index contributed by atoms with van der Waals surface area (Å²) in [6, 6.07) is 13.8. The molecule has 0 heterocycles. The Kier molecular flexibility index (Phi) is 8.01. The van der Waals surface area contributed by atoms with Crippen molar-refractivity contribution in [2.45, 2.75) is 26.2 Å². The van der Waals surface area contributed by atoms with Crippen LogP contribution in [0, 0.1) is 5.92 Å². The Morgan fingerprint density at radius 3 is 2.19 bits per heavy atom. The van der Waals surface area contributed by atoms with Crippen LogP contribution < -0.4 is 0 Å². The van der Waals surface area contributed by atoms with Crippen molar-refractivity contribution in [3.8, 4) is 0 Å². The Morgan fingerprint density at radius 1 is 0.963 bits per heavy atom. The number of aliphatic hydroxyl groups is 1. The molecule has 27 heavy (non-hydrogen) atoms. The number of rotatable bonds is 9. The number of hydrogen-bond donors (Lipinski definition) is 1. The molecule has 0 unspecified atom stereocenters. The van der Waals surface area contributed by atoms with Gasteiger partial charge >= 0.3 is 11.9 Å². The molecular weight excluding hydrogens is 344 g/mol. The van der Waals surface area contributed by atoms with Gasteiger partial charge in [0, 0.05) is 5.92 Å². The van der Waals surface area contributed by atoms with E-state index in [0.717, 1.165) is 16.3 Å². The standard InChI is InChI=1S/C22H26O5/c1-3-26-21(24)20(22(25)27-4-2)19(11-7-8-14-23)18-13-12-16-9-5-6-10-17(16)15-18/h5-10,12-13,15,19-20,23H,3-4,11,14H2,1-2H3/b8-7+/t19-/m1/s1. The predicted molar refractivity (Wildman–Crippen MR) is 104 cm³/mol. The third-order valence-electron chi connectivity index (χ3n) is 4.35. The van der Waals surface area contributed by atoms with Gasteiger partial charge in [-0.15, -0.1) is 0 Å². The molecule has 0 aromatic heterocycles. The highest BCUT2D eigenvalue weighted by atomic mass is 16.6. The largest absolute Gasteiger partial charge is 0.465 e. The molecule has 1 N–H and O–H groups in total. The summed E-state index contributed by atoms with van der Waals surface area (Å²) in [5.41, 5.74) is 0.849. The molecule has 0 amide bonds. The molecule has 5 nitrogen and oxygen atoms in total. The van der Waals surface area contributed by atoms with Crippen molar-refractivity contribution in [1.82, 2.24) is 0 Å². The van der Waals surface area contributed by atoms with Gasteiger partial charge in [-0.1, -0.05) is 54.6 Å². The molecule has 0 aliphatic rings. The van der Waals surface area contributed by atoms with E-state index in [1.807, 2.05) is 42.5 Å². The Labute approximate surface area is 159 Å². The van der Waals surface area contributed by atoms with E-state index in [1.165, 1.54) is 0 Å². The lowest BCUT2D eigenvalue weighted by molar-refractivity contribution is -0.162. The minimum Gasteiger partial charge on any atom is -0.465 e. The number of carbonyl (C=O) groups excluding carboxylic acids is 2. The molecule has 2 rings (SSSR count). The average molecular weight is 370 g/mol. The summed E-state index contributed by atoms with van der Waals surface area (Å²) in [6.45, 7) is 3.68. The van der Waals surface area contributed by atoms with E-state index >= 15 is 0 Å². The van der Waals surface area contributed by atoms with Crippen molar-refractivity contribution < 1.29 is 24.2 Å². The molecule has 0 aliphatic heterocycles. The van der Waals surface area contributed by atoms with Crippen molar-refractivity contribution >= 4 is 22.7 Å². The van der Waals surface area contributed by atoms with E-state index in [0.29, 0.717) is 6.42 Å². The molecule has 0 saturated heterocycles. The first kappa shape index (κ1) is 20.6. The summed E-state index contributed by atoms with van der Waals surface area (Å²) < 4.78 is 10.3. The van der Waals surface area contributed by atoms with Crippen molar-refractivity contribution in [1.29, 1.82) is 0 Å². The normalized spacial score (nSPS) is 12.4. The van der Waals surface area contributed by atoms with Crippen LogP contribution in [0.4, 0.5) is 0 Å². The van der Waals surface area contributed by atoms with Crippen molar-refractivity contribution in [2.24, 2.45) is 5.92 Å². The highest BCUT2D eigenvalue weighted by molar-refractivity contribution is 5.96. The summed E-state index contributed by atoms with van der Waals surface area (Å²) in [6.07, 6.45) is 3.77. The van der Waals surface area contributed by atoms with Gasteiger partial charge in [-0.3, -0.25) is 9.59 Å². The number of hydrogen-bond acceptors (Lipinski definition) is 5. The first-order valence-electron chi connectivity index (χ1n) is 9.20. The molecule has 144 valence electrons. The fourth-order valence-electron chi connectivity index (χ4n) is 3.11. The molecule has 0 aliphatic carbocycles. The Morgan fingerprint density at radius 2 is 1.59 bits per heavy atom. The first-order valence-corrected chi connectivity index (χ1v) is 9.20. The van der Waals surface area contributed by atoms with Gasteiger partial charge in [0.25, 0.3) is 0 Å². The number of aliphatic hydroxyl groups excluding tert-OH is 1. The molecule has 0 saturated carbocycles. The van der Waals surface area contributed by atoms with Gasteiger partial charge in [-0.25, -0.2) is 0 Å². The lowest BCUT2D eigenvalue weighted by Crippen LogP contribution is -2.33. The topological polar surface area (TPSA) is 72.8 Å². The van der Waals surface area contributed by atoms with E-state index in [9.17, 15) is 9.59 Å². The highest BCUT2D eigenvalue weighted by Gasteiger charge is 2.37. The number of benzene rings is 2. The molecule has 0 radical (unpaired) electrons. The first-order chi connectivity index (χ1) is 13.1. The van der Waals surface area contributed by atoms with Crippen LogP contribution in [-0.4, -0.2) is 36.9 Å². The van der Waals surface area contributed by atoms with Crippen LogP contribution in [0.2, 0.25) is 0 Å². The van der Waals surface area contributed by atoms with Crippen LogP contribution in [0.25, 0.3) is 10.8 Å². The van der Waals surface area contributed by atoms with Gasteiger partial charge in [0.2, 0.25) is 0 Å². The van der Waals surface area contributed by atoms with Gasteiger partial charge < -0.3 is 14.6 Å². The smallest absolute Gasteiger partial charge is 0.320 e. The highest BCUT2D eigenvalue weighted by Crippen LogP contribution is 2.33. The summed E-state index contributed by atoms with van der Waals surface area (Å²) in [4.78, 5) is 25.1. The second-order valence-corrected chi connectivity index (χ2v) is 6.08. The number of ether oxygens (including phenoxy) is 2. The van der Waals surface area contributed by atoms with Crippen molar-refractivity contribution in [3.63, 3.8) is 0 Å². The average Bonchev–Trinajstić information content (AvgIpc) is 2.67. The van der Waals surface area contributed by atoms with E-state index in [4.69, 9.17) is 14.6 Å². The van der Waals surface area contributed by atoms with E-state index in [2.05, 4.69) is 0 Å². The van der Waals surface area contributed by atoms with Gasteiger partial charge in [0.1, 0.15) is 0 Å². The maximum absolute atomic E-state index is 12.6. The van der Waals surface area contributed by atoms with E-state index in [1.54, 1.807) is 26.0 Å². The third kappa shape index (κ3) is 5.41. The van der Waals surface area contributed by atoms with Gasteiger partial charge in [0.05, 0.1) is 19.8 Å². The Balaban J connectivity index is 2.48. The molecule has 0 spiro atoms. The van der Waals surface area contributed by atoms with Gasteiger partial charge in [-0.2, -0.15) is 0 Å². The number of allylic oxidation sites excluding steroid dienone is 1. The Bertz CT molecular complexity index is 778. The second kappa shape index (κ2) is 10.5. The summed E-state index contributed by atoms with van der Waals surface area (Å²) >= 11 is 0. The maximum Gasteiger partial charge on any atom is 0.320 e. The molecular formula is C22H26O5. The number of fused-ring (bicyclic) bond motifs is 1. The molecule has 2 aromatic rings. The van der Waals surface area contributed by atoms with Crippen LogP contribution in [0.3, 0.4) is 0 Å². The maximum atomic E-state index is 12.6. The van der Waals surface area contributed by atoms with Crippen molar-refractivity contribution in [2.75, 3.05) is 19.8 Å². The minimum atomic E-state index is -1.06. The Hall–Kier alpha value is -2.66. The van der Waals surface area contributed by atoms with E-state index < -0.39 is 23.8 Å². The minimum absolute atomic E-state index is 0.103. The fraction of sp³-hybridized carbons (Fsp3) is 0.364. The zero-order valence-electron chi connectivity index (χ0n) is 15.8. The fourth-order valence-corrected chi connectivity index (χ4v) is 3.11. The SMILES string of the molecule is CCOC(=O)C(C(=O)OCC)[C@H](C/C=C/CO)c1ccc2ccccc2c1. The zero-order chi connectivity index (χ0) is 19.6. The number of carbonyl (C=O) groups is 2. The second-order valence-electron chi connectivity index (χ2n) is 6.08. The van der Waals surface area contributed by atoms with Crippen LogP contribution in [0.15, 0.2) is 54.6 Å². The van der Waals surface area contributed by atoms with Gasteiger partial charge in [0.15, 0.2) is 5.92 Å². The molecule has 2 aromatic carbocycles. The zero-order valence-corrected chi connectivity index (χ0v) is 15.8. The monoisotopic (exact) mass is 370 g/mol. The third-order valence-corrected chi connectivity index (χ3v) is 4.35. The van der Waals surface area contributed by atoms with Crippen LogP contribution in [0.1, 0.15) is 31.7 Å². The van der Waals surface area contributed by atoms with E-state index in [-0.39, 0.29) is 19.8 Å². The lowest BCUT2D eigenvalue weighted by Gasteiger charge is -2.24. The summed E-state index contributed by atoms with van der Waals surface area (Å²) in [7, 11) is 0. The molecule has 5 heteroatoms. The summed E-state index contributed by atoms with van der Waals surface area (Å²) in [5.74, 6) is -2.69. The molecule has 1 atom stereocenters. The lowest BCUT2D eigenvalue weighted by atomic mass is 9.82. The summed E-state index contributed by atoms with van der Waals surface area (Å²) in [5, 5.41) is 11.2. The van der Waals surface area contributed by atoms with Gasteiger partial charge in [-0.05, 0) is 36.6 Å². The van der Waals surface area contributed by atoms with Crippen molar-refractivity contribution in [3.05, 3.63) is 60.2 Å².